The molecule has 8 nitrogen and oxygen atoms in total. The van der Waals surface area contributed by atoms with Crippen molar-refractivity contribution in [3.05, 3.63) is 47.5 Å². The zero-order valence-electron chi connectivity index (χ0n) is 18.9. The maximum atomic E-state index is 13.4. The van der Waals surface area contributed by atoms with Gasteiger partial charge < -0.3 is 29.0 Å². The third-order valence-electron chi connectivity index (χ3n) is 4.94. The zero-order chi connectivity index (χ0) is 23.2. The van der Waals surface area contributed by atoms with Gasteiger partial charge in [0.05, 0.1) is 34.5 Å². The number of amides is 1. The van der Waals surface area contributed by atoms with Crippen LogP contribution in [0, 0.1) is 0 Å². The molecule has 0 aliphatic rings. The van der Waals surface area contributed by atoms with Gasteiger partial charge in [-0.3, -0.25) is 9.59 Å². The van der Waals surface area contributed by atoms with E-state index in [1.54, 1.807) is 19.2 Å². The van der Waals surface area contributed by atoms with Gasteiger partial charge in [-0.05, 0) is 43.7 Å². The van der Waals surface area contributed by atoms with Crippen LogP contribution in [0.4, 0.5) is 0 Å². The van der Waals surface area contributed by atoms with Gasteiger partial charge in [0.25, 0.3) is 5.91 Å². The van der Waals surface area contributed by atoms with Crippen LogP contribution in [-0.4, -0.2) is 40.3 Å². The summed E-state index contributed by atoms with van der Waals surface area (Å²) in [6, 6.07) is 10.1. The van der Waals surface area contributed by atoms with E-state index in [0.29, 0.717) is 28.6 Å². The number of ether oxygens (including phenoxy) is 5. The molecule has 0 radical (unpaired) electrons. The second-order valence-corrected chi connectivity index (χ2v) is 7.01. The lowest BCUT2D eigenvalue weighted by Gasteiger charge is -2.31. The number of esters is 1. The van der Waals surface area contributed by atoms with Gasteiger partial charge in [0.15, 0.2) is 11.5 Å². The molecule has 0 saturated heterocycles. The molecule has 31 heavy (non-hydrogen) atoms. The van der Waals surface area contributed by atoms with Crippen LogP contribution < -0.4 is 24.3 Å². The third-order valence-corrected chi connectivity index (χ3v) is 4.94. The lowest BCUT2D eigenvalue weighted by molar-refractivity contribution is -0.166. The number of carbonyl (C=O) groups is 2. The lowest BCUT2D eigenvalue weighted by atomic mass is 9.92. The van der Waals surface area contributed by atoms with E-state index in [9.17, 15) is 9.59 Å². The Labute approximate surface area is 182 Å². The standard InChI is InChI=1S/C23H29NO7/c1-14(16-9-8-10-18(11-16)27-4)24-22(26)23(3,31-15(2)25)17-12-19(28-5)21(30-7)20(13-17)29-6/h8-14H,1-7H3,(H,24,26). The Morgan fingerprint density at radius 1 is 0.935 bits per heavy atom. The van der Waals surface area contributed by atoms with Crippen LogP contribution in [0.1, 0.15) is 37.9 Å². The summed E-state index contributed by atoms with van der Waals surface area (Å²) >= 11 is 0. The van der Waals surface area contributed by atoms with Gasteiger partial charge in [0.2, 0.25) is 11.4 Å². The fourth-order valence-corrected chi connectivity index (χ4v) is 3.21. The number of methoxy groups -OCH3 is 4. The molecule has 0 bridgehead atoms. The fourth-order valence-electron chi connectivity index (χ4n) is 3.21. The van der Waals surface area contributed by atoms with Gasteiger partial charge in [0, 0.05) is 12.5 Å². The minimum absolute atomic E-state index is 0.337. The molecule has 0 spiro atoms. The van der Waals surface area contributed by atoms with Crippen molar-refractivity contribution in [2.75, 3.05) is 28.4 Å². The fraction of sp³-hybridized carbons (Fsp3) is 0.391. The molecule has 1 N–H and O–H groups in total. The maximum absolute atomic E-state index is 13.4. The summed E-state index contributed by atoms with van der Waals surface area (Å²) < 4.78 is 26.9. The number of hydrogen-bond donors (Lipinski definition) is 1. The molecule has 168 valence electrons. The Hall–Kier alpha value is -3.42. The van der Waals surface area contributed by atoms with Gasteiger partial charge in [-0.2, -0.15) is 0 Å². The van der Waals surface area contributed by atoms with Gasteiger partial charge in [-0.15, -0.1) is 0 Å². The summed E-state index contributed by atoms with van der Waals surface area (Å²) in [5.41, 5.74) is -0.443. The first-order chi connectivity index (χ1) is 14.7. The molecule has 0 aliphatic heterocycles. The summed E-state index contributed by atoms with van der Waals surface area (Å²) in [7, 11) is 5.99. The maximum Gasteiger partial charge on any atom is 0.304 e. The number of carbonyl (C=O) groups excluding carboxylic acids is 2. The number of rotatable bonds is 9. The Morgan fingerprint density at radius 2 is 1.55 bits per heavy atom. The molecule has 2 unspecified atom stereocenters. The van der Waals surface area contributed by atoms with Crippen molar-refractivity contribution in [3.8, 4) is 23.0 Å². The van der Waals surface area contributed by atoms with Crippen molar-refractivity contribution < 1.29 is 33.3 Å². The highest BCUT2D eigenvalue weighted by Gasteiger charge is 2.41. The Balaban J connectivity index is 2.47. The van der Waals surface area contributed by atoms with Crippen LogP contribution in [-0.2, 0) is 19.9 Å². The predicted octanol–water partition coefficient (Wildman–Crippen LogP) is 3.38. The number of benzene rings is 2. The van der Waals surface area contributed by atoms with E-state index in [4.69, 9.17) is 23.7 Å². The minimum Gasteiger partial charge on any atom is -0.497 e. The molecular weight excluding hydrogens is 402 g/mol. The number of nitrogens with one attached hydrogen (secondary N) is 1. The molecule has 8 heteroatoms. The Morgan fingerprint density at radius 3 is 2.03 bits per heavy atom. The van der Waals surface area contributed by atoms with Crippen molar-refractivity contribution in [3.63, 3.8) is 0 Å². The summed E-state index contributed by atoms with van der Waals surface area (Å²) in [4.78, 5) is 25.3. The van der Waals surface area contributed by atoms with Gasteiger partial charge in [0.1, 0.15) is 5.75 Å². The second-order valence-electron chi connectivity index (χ2n) is 7.01. The topological polar surface area (TPSA) is 92.3 Å². The monoisotopic (exact) mass is 431 g/mol. The van der Waals surface area contributed by atoms with Gasteiger partial charge in [-0.25, -0.2) is 0 Å². The van der Waals surface area contributed by atoms with Gasteiger partial charge >= 0.3 is 5.97 Å². The van der Waals surface area contributed by atoms with E-state index in [-0.39, 0.29) is 6.04 Å². The molecule has 0 heterocycles. The van der Waals surface area contributed by atoms with E-state index in [1.807, 2.05) is 31.2 Å². The van der Waals surface area contributed by atoms with Crippen LogP contribution >= 0.6 is 0 Å². The Bertz CT molecular complexity index is 918. The average Bonchev–Trinajstić information content (AvgIpc) is 2.77. The second kappa shape index (κ2) is 10.1. The van der Waals surface area contributed by atoms with Gasteiger partial charge in [-0.1, -0.05) is 12.1 Å². The largest absolute Gasteiger partial charge is 0.497 e. The average molecular weight is 431 g/mol. The Kier molecular flexibility index (Phi) is 7.74. The summed E-state index contributed by atoms with van der Waals surface area (Å²) in [5.74, 6) is 0.593. The summed E-state index contributed by atoms with van der Waals surface area (Å²) in [6.07, 6.45) is 0. The molecule has 1 amide bonds. The minimum atomic E-state index is -1.65. The number of hydrogen-bond acceptors (Lipinski definition) is 7. The molecule has 2 atom stereocenters. The molecule has 0 aliphatic carbocycles. The van der Waals surface area contributed by atoms with Crippen LogP contribution in [0.2, 0.25) is 0 Å². The quantitative estimate of drug-likeness (QED) is 0.609. The highest BCUT2D eigenvalue weighted by Crippen LogP contribution is 2.42. The van der Waals surface area contributed by atoms with E-state index >= 15 is 0 Å². The normalized spacial score (nSPS) is 13.4. The summed E-state index contributed by atoms with van der Waals surface area (Å²) in [5, 5.41) is 2.91. The van der Waals surface area contributed by atoms with E-state index < -0.39 is 17.5 Å². The van der Waals surface area contributed by atoms with Crippen molar-refractivity contribution in [1.29, 1.82) is 0 Å². The smallest absolute Gasteiger partial charge is 0.304 e. The van der Waals surface area contributed by atoms with E-state index in [0.717, 1.165) is 5.56 Å². The highest BCUT2D eigenvalue weighted by molar-refractivity contribution is 5.89. The van der Waals surface area contributed by atoms with Crippen molar-refractivity contribution in [2.45, 2.75) is 32.4 Å². The third kappa shape index (κ3) is 5.20. The van der Waals surface area contributed by atoms with Crippen molar-refractivity contribution >= 4 is 11.9 Å². The van der Waals surface area contributed by atoms with Crippen molar-refractivity contribution in [2.24, 2.45) is 0 Å². The first-order valence-electron chi connectivity index (χ1n) is 9.65. The molecule has 0 saturated carbocycles. The highest BCUT2D eigenvalue weighted by atomic mass is 16.6. The van der Waals surface area contributed by atoms with Crippen LogP contribution in [0.25, 0.3) is 0 Å². The SMILES string of the molecule is COc1cccc(C(C)NC(=O)C(C)(OC(C)=O)c2cc(OC)c(OC)c(OC)c2)c1. The first kappa shape index (κ1) is 23.9. The van der Waals surface area contributed by atoms with Crippen LogP contribution in [0.15, 0.2) is 36.4 Å². The molecule has 2 rings (SSSR count). The van der Waals surface area contributed by atoms with Crippen LogP contribution in [0.5, 0.6) is 23.0 Å². The molecule has 2 aromatic carbocycles. The lowest BCUT2D eigenvalue weighted by Crippen LogP contribution is -2.46. The van der Waals surface area contributed by atoms with Crippen LogP contribution in [0.3, 0.4) is 0 Å². The van der Waals surface area contributed by atoms with E-state index in [2.05, 4.69) is 5.32 Å². The predicted molar refractivity (Wildman–Crippen MR) is 115 cm³/mol. The molecule has 0 fully saturated rings. The molecule has 0 aromatic heterocycles. The molecular formula is C23H29NO7. The van der Waals surface area contributed by atoms with E-state index in [1.165, 1.54) is 35.2 Å². The molecule has 2 aromatic rings. The first-order valence-corrected chi connectivity index (χ1v) is 9.65. The van der Waals surface area contributed by atoms with Crippen molar-refractivity contribution in [1.82, 2.24) is 5.32 Å². The zero-order valence-corrected chi connectivity index (χ0v) is 18.9. The summed E-state index contributed by atoms with van der Waals surface area (Å²) in [6.45, 7) is 4.59.